The maximum Gasteiger partial charge on any atom is 0.451 e. The summed E-state index contributed by atoms with van der Waals surface area (Å²) in [4.78, 5) is 16.5. The summed E-state index contributed by atoms with van der Waals surface area (Å²) in [6.45, 7) is 0. The summed E-state index contributed by atoms with van der Waals surface area (Å²) in [6.07, 6.45) is -10.4. The first-order valence-corrected chi connectivity index (χ1v) is 5.08. The van der Waals surface area contributed by atoms with E-state index in [2.05, 4.69) is 19.1 Å². The predicted molar refractivity (Wildman–Crippen MR) is 53.1 cm³/mol. The van der Waals surface area contributed by atoms with Crippen LogP contribution < -0.4 is 0 Å². The Bertz CT molecular complexity index is 703. The van der Waals surface area contributed by atoms with Crippen LogP contribution in [0.5, 0.6) is 0 Å². The zero-order valence-corrected chi connectivity index (χ0v) is 9.96. The highest BCUT2D eigenvalue weighted by atomic mass is 19.4. The second-order valence-electron chi connectivity index (χ2n) is 3.71. The molecule has 0 saturated heterocycles. The third kappa shape index (κ3) is 2.76. The molecule has 21 heavy (non-hydrogen) atoms. The molecule has 0 saturated carbocycles. The van der Waals surface area contributed by atoms with Gasteiger partial charge in [0.2, 0.25) is 17.3 Å². The van der Waals surface area contributed by atoms with Gasteiger partial charge in [0, 0.05) is 6.07 Å². The lowest BCUT2D eigenvalue weighted by Crippen LogP contribution is -2.17. The van der Waals surface area contributed by atoms with Gasteiger partial charge in [-0.25, -0.2) is 9.78 Å². The number of carbonyl (C=O) groups excluding carboxylic acids is 1. The number of nitrogens with zero attached hydrogens (tertiary/aromatic N) is 2. The maximum absolute atomic E-state index is 12.8. The second-order valence-corrected chi connectivity index (χ2v) is 3.71. The zero-order valence-electron chi connectivity index (χ0n) is 9.96. The first kappa shape index (κ1) is 15.1. The van der Waals surface area contributed by atoms with Gasteiger partial charge in [-0.2, -0.15) is 31.3 Å². The van der Waals surface area contributed by atoms with Gasteiger partial charge >= 0.3 is 18.3 Å². The summed E-state index contributed by atoms with van der Waals surface area (Å²) in [5, 5.41) is -0.865. The molecule has 0 aliphatic heterocycles. The molecular formula is C10H4F6N2O3. The van der Waals surface area contributed by atoms with Crippen molar-refractivity contribution in [2.75, 3.05) is 7.11 Å². The third-order valence-electron chi connectivity index (χ3n) is 2.30. The van der Waals surface area contributed by atoms with Crippen LogP contribution in [-0.2, 0) is 17.1 Å². The normalized spacial score (nSPS) is 12.7. The topological polar surface area (TPSA) is 65.2 Å². The molecule has 0 fully saturated rings. The number of carbonyl (C=O) groups is 1. The van der Waals surface area contributed by atoms with E-state index < -0.39 is 46.7 Å². The number of alkyl halides is 6. The Morgan fingerprint density at radius 2 is 1.76 bits per heavy atom. The number of hydrogen-bond acceptors (Lipinski definition) is 5. The Kier molecular flexibility index (Phi) is 3.30. The molecule has 114 valence electrons. The zero-order chi connectivity index (χ0) is 16.0. The minimum Gasteiger partial charge on any atom is -0.463 e. The molecule has 2 aromatic rings. The van der Waals surface area contributed by atoms with E-state index in [9.17, 15) is 31.1 Å². The molecule has 0 unspecified atom stereocenters. The van der Waals surface area contributed by atoms with Gasteiger partial charge in [0.15, 0.2) is 5.69 Å². The summed E-state index contributed by atoms with van der Waals surface area (Å²) in [7, 11) is 0.924. The van der Waals surface area contributed by atoms with Crippen molar-refractivity contribution < 1.29 is 40.3 Å². The number of methoxy groups -OCH3 is 1. The second kappa shape index (κ2) is 4.60. The minimum absolute atomic E-state index is 0.574. The number of halogens is 6. The Hall–Kier alpha value is -2.33. The molecule has 0 N–H and O–H groups in total. The average molecular weight is 314 g/mol. The Balaban J connectivity index is 2.78. The molecular weight excluding hydrogens is 310 g/mol. The SMILES string of the molecule is COC(=O)c1cc2c(C(F)(F)F)nc(C(F)(F)F)nc2o1. The Morgan fingerprint density at radius 1 is 1.14 bits per heavy atom. The van der Waals surface area contributed by atoms with Gasteiger partial charge in [0.05, 0.1) is 12.5 Å². The fourth-order valence-corrected chi connectivity index (χ4v) is 1.47. The standard InChI is InChI=1S/C10H4F6N2O3/c1-20-7(19)4-2-3-5(9(11,12)13)17-8(10(14,15)16)18-6(3)21-4/h2H,1H3. The monoisotopic (exact) mass is 314 g/mol. The third-order valence-corrected chi connectivity index (χ3v) is 2.30. The van der Waals surface area contributed by atoms with Crippen LogP contribution in [0.25, 0.3) is 11.1 Å². The highest BCUT2D eigenvalue weighted by molar-refractivity contribution is 5.92. The van der Waals surface area contributed by atoms with Crippen LogP contribution in [0.2, 0.25) is 0 Å². The number of furan rings is 1. The minimum atomic E-state index is -5.20. The van der Waals surface area contributed by atoms with Gasteiger partial charge in [-0.1, -0.05) is 0 Å². The van der Waals surface area contributed by atoms with Crippen molar-refractivity contribution in [1.29, 1.82) is 0 Å². The van der Waals surface area contributed by atoms with E-state index >= 15 is 0 Å². The number of hydrogen-bond donors (Lipinski definition) is 0. The summed E-state index contributed by atoms with van der Waals surface area (Å²) < 4.78 is 84.5. The van der Waals surface area contributed by atoms with Gasteiger partial charge in [0.1, 0.15) is 0 Å². The predicted octanol–water partition coefficient (Wildman–Crippen LogP) is 3.05. The summed E-state index contributed by atoms with van der Waals surface area (Å²) in [6, 6.07) is 0.574. The molecule has 0 atom stereocenters. The summed E-state index contributed by atoms with van der Waals surface area (Å²) in [5.41, 5.74) is -2.86. The van der Waals surface area contributed by atoms with Crippen LogP contribution in [0.15, 0.2) is 10.5 Å². The van der Waals surface area contributed by atoms with Crippen LogP contribution in [0.4, 0.5) is 26.3 Å². The maximum atomic E-state index is 12.8. The summed E-state index contributed by atoms with van der Waals surface area (Å²) >= 11 is 0. The molecule has 0 aliphatic rings. The quantitative estimate of drug-likeness (QED) is 0.598. The van der Waals surface area contributed by atoms with Crippen molar-refractivity contribution in [2.24, 2.45) is 0 Å². The molecule has 0 aliphatic carbocycles. The van der Waals surface area contributed by atoms with E-state index in [-0.39, 0.29) is 0 Å². The van der Waals surface area contributed by atoms with Gasteiger partial charge in [-0.3, -0.25) is 0 Å². The van der Waals surface area contributed by atoms with Crippen molar-refractivity contribution in [3.8, 4) is 0 Å². The number of ether oxygens (including phenoxy) is 1. The van der Waals surface area contributed by atoms with Crippen LogP contribution in [0.1, 0.15) is 22.1 Å². The van der Waals surface area contributed by atoms with E-state index in [0.29, 0.717) is 6.07 Å². The van der Waals surface area contributed by atoms with Crippen molar-refractivity contribution in [2.45, 2.75) is 12.4 Å². The average Bonchev–Trinajstić information content (AvgIpc) is 2.77. The van der Waals surface area contributed by atoms with E-state index in [4.69, 9.17) is 0 Å². The Morgan fingerprint density at radius 3 is 2.24 bits per heavy atom. The smallest absolute Gasteiger partial charge is 0.451 e. The van der Waals surface area contributed by atoms with Crippen molar-refractivity contribution >= 4 is 17.1 Å². The molecule has 11 heteroatoms. The first-order chi connectivity index (χ1) is 9.54. The lowest BCUT2D eigenvalue weighted by Gasteiger charge is -2.09. The fourth-order valence-electron chi connectivity index (χ4n) is 1.47. The first-order valence-electron chi connectivity index (χ1n) is 5.08. The lowest BCUT2D eigenvalue weighted by atomic mass is 10.2. The molecule has 0 radical (unpaired) electrons. The fraction of sp³-hybridized carbons (Fsp3) is 0.300. The molecule has 0 amide bonds. The molecule has 0 spiro atoms. The van der Waals surface area contributed by atoms with Crippen LogP contribution >= 0.6 is 0 Å². The molecule has 0 aromatic carbocycles. The van der Waals surface area contributed by atoms with Gasteiger partial charge < -0.3 is 9.15 Å². The lowest BCUT2D eigenvalue weighted by molar-refractivity contribution is -0.151. The van der Waals surface area contributed by atoms with E-state index in [1.807, 2.05) is 0 Å². The van der Waals surface area contributed by atoms with Crippen LogP contribution in [0, 0.1) is 0 Å². The van der Waals surface area contributed by atoms with Gasteiger partial charge in [-0.15, -0.1) is 0 Å². The molecule has 2 aromatic heterocycles. The number of rotatable bonds is 1. The van der Waals surface area contributed by atoms with E-state index in [1.165, 1.54) is 0 Å². The highest BCUT2D eigenvalue weighted by Gasteiger charge is 2.42. The molecule has 0 bridgehead atoms. The number of esters is 1. The van der Waals surface area contributed by atoms with Crippen molar-refractivity contribution in [3.05, 3.63) is 23.3 Å². The van der Waals surface area contributed by atoms with Gasteiger partial charge in [-0.05, 0) is 0 Å². The molecule has 2 heterocycles. The van der Waals surface area contributed by atoms with Crippen LogP contribution in [-0.4, -0.2) is 23.0 Å². The molecule has 5 nitrogen and oxygen atoms in total. The van der Waals surface area contributed by atoms with Crippen molar-refractivity contribution in [1.82, 2.24) is 9.97 Å². The van der Waals surface area contributed by atoms with E-state index in [0.717, 1.165) is 7.11 Å². The summed E-state index contributed by atoms with van der Waals surface area (Å²) in [5.74, 6) is -3.89. The van der Waals surface area contributed by atoms with Crippen molar-refractivity contribution in [3.63, 3.8) is 0 Å². The number of fused-ring (bicyclic) bond motifs is 1. The number of aromatic nitrogens is 2. The largest absolute Gasteiger partial charge is 0.463 e. The van der Waals surface area contributed by atoms with E-state index in [1.54, 1.807) is 0 Å². The molecule has 2 rings (SSSR count). The Labute approximate surface area is 111 Å². The van der Waals surface area contributed by atoms with Gasteiger partial charge in [0.25, 0.3) is 0 Å². The highest BCUT2D eigenvalue weighted by Crippen LogP contribution is 2.37. The van der Waals surface area contributed by atoms with Crippen LogP contribution in [0.3, 0.4) is 0 Å².